The molecule has 1 aromatic rings. The zero-order valence-corrected chi connectivity index (χ0v) is 9.78. The van der Waals surface area contributed by atoms with E-state index in [0.717, 1.165) is 37.2 Å². The highest BCUT2D eigenvalue weighted by Gasteiger charge is 2.20. The van der Waals surface area contributed by atoms with Crippen LogP contribution in [0.5, 0.6) is 0 Å². The third kappa shape index (κ3) is 3.28. The lowest BCUT2D eigenvalue weighted by atomic mass is 9.99. The number of carbonyl (C=O) groups is 1. The average molecular weight is 234 g/mol. The van der Waals surface area contributed by atoms with Gasteiger partial charge in [0.1, 0.15) is 0 Å². The first-order valence-corrected chi connectivity index (χ1v) is 6.01. The predicted octanol–water partition coefficient (Wildman–Crippen LogP) is 1.12. The second kappa shape index (κ2) is 5.80. The van der Waals surface area contributed by atoms with Crippen LogP contribution in [-0.2, 0) is 11.4 Å². The molecule has 3 N–H and O–H groups in total. The first kappa shape index (κ1) is 12.1. The number of hydrogen-bond donors (Lipinski definition) is 3. The van der Waals surface area contributed by atoms with E-state index in [-0.39, 0.29) is 18.4 Å². The minimum Gasteiger partial charge on any atom is -0.392 e. The van der Waals surface area contributed by atoms with Gasteiger partial charge in [0.2, 0.25) is 5.91 Å². The monoisotopic (exact) mass is 234 g/mol. The van der Waals surface area contributed by atoms with E-state index in [9.17, 15) is 4.79 Å². The van der Waals surface area contributed by atoms with Crippen LogP contribution in [0.2, 0.25) is 0 Å². The molecule has 4 heteroatoms. The quantitative estimate of drug-likeness (QED) is 0.734. The van der Waals surface area contributed by atoms with E-state index < -0.39 is 0 Å². The maximum Gasteiger partial charge on any atom is 0.228 e. The first-order valence-electron chi connectivity index (χ1n) is 6.01. The van der Waals surface area contributed by atoms with E-state index in [0.29, 0.717) is 0 Å². The van der Waals surface area contributed by atoms with E-state index in [1.54, 1.807) is 0 Å². The van der Waals surface area contributed by atoms with Gasteiger partial charge in [0.05, 0.1) is 12.5 Å². The number of amides is 1. The van der Waals surface area contributed by atoms with E-state index in [1.807, 2.05) is 24.3 Å². The van der Waals surface area contributed by atoms with Crippen molar-refractivity contribution in [2.24, 2.45) is 5.92 Å². The fourth-order valence-corrected chi connectivity index (χ4v) is 2.01. The Morgan fingerprint density at radius 2 is 2.18 bits per heavy atom. The largest absolute Gasteiger partial charge is 0.392 e. The Hall–Kier alpha value is -1.39. The Morgan fingerprint density at radius 3 is 2.76 bits per heavy atom. The summed E-state index contributed by atoms with van der Waals surface area (Å²) < 4.78 is 0. The zero-order valence-electron chi connectivity index (χ0n) is 9.78. The van der Waals surface area contributed by atoms with Gasteiger partial charge in [-0.3, -0.25) is 4.79 Å². The van der Waals surface area contributed by atoms with Gasteiger partial charge < -0.3 is 15.7 Å². The summed E-state index contributed by atoms with van der Waals surface area (Å²) in [5, 5.41) is 15.0. The highest BCUT2D eigenvalue weighted by molar-refractivity contribution is 5.92. The number of benzene rings is 1. The average Bonchev–Trinajstić information content (AvgIpc) is 2.40. The van der Waals surface area contributed by atoms with Crippen LogP contribution < -0.4 is 10.6 Å². The number of carbonyl (C=O) groups excluding carboxylic acids is 1. The molecule has 1 fully saturated rings. The molecule has 4 nitrogen and oxygen atoms in total. The Bertz CT molecular complexity index is 370. The number of piperidine rings is 1. The summed E-state index contributed by atoms with van der Waals surface area (Å²) in [7, 11) is 0. The van der Waals surface area contributed by atoms with Gasteiger partial charge in [0.15, 0.2) is 0 Å². The molecule has 1 saturated heterocycles. The molecule has 1 aliphatic heterocycles. The number of aliphatic hydroxyl groups is 1. The second-order valence-electron chi connectivity index (χ2n) is 4.39. The van der Waals surface area contributed by atoms with E-state index in [2.05, 4.69) is 10.6 Å². The predicted molar refractivity (Wildman–Crippen MR) is 66.6 cm³/mol. The number of rotatable bonds is 3. The summed E-state index contributed by atoms with van der Waals surface area (Å²) in [4.78, 5) is 11.9. The minimum absolute atomic E-state index is 0.0285. The lowest BCUT2D eigenvalue weighted by molar-refractivity contribution is -0.120. The highest BCUT2D eigenvalue weighted by atomic mass is 16.3. The molecular formula is C13H18N2O2. The molecule has 0 saturated carbocycles. The van der Waals surface area contributed by atoms with Crippen molar-refractivity contribution in [3.05, 3.63) is 29.8 Å². The molecule has 0 spiro atoms. The zero-order chi connectivity index (χ0) is 12.1. The lowest BCUT2D eigenvalue weighted by Gasteiger charge is -2.21. The van der Waals surface area contributed by atoms with Crippen molar-refractivity contribution in [2.45, 2.75) is 19.4 Å². The SMILES string of the molecule is O=C(Nc1ccc(CO)cc1)[C@H]1CCCNC1. The van der Waals surface area contributed by atoms with Gasteiger partial charge in [-0.2, -0.15) is 0 Å². The third-order valence-corrected chi connectivity index (χ3v) is 3.07. The van der Waals surface area contributed by atoms with Gasteiger partial charge in [-0.05, 0) is 37.1 Å². The van der Waals surface area contributed by atoms with Crippen LogP contribution in [0.4, 0.5) is 5.69 Å². The van der Waals surface area contributed by atoms with Crippen LogP contribution in [0.1, 0.15) is 18.4 Å². The van der Waals surface area contributed by atoms with Gasteiger partial charge in [0.25, 0.3) is 0 Å². The van der Waals surface area contributed by atoms with Crippen molar-refractivity contribution in [2.75, 3.05) is 18.4 Å². The molecule has 1 amide bonds. The molecule has 92 valence electrons. The summed E-state index contributed by atoms with van der Waals surface area (Å²) in [6.07, 6.45) is 2.01. The smallest absolute Gasteiger partial charge is 0.228 e. The number of aliphatic hydroxyl groups excluding tert-OH is 1. The number of anilines is 1. The molecule has 0 unspecified atom stereocenters. The standard InChI is InChI=1S/C13H18N2O2/c16-9-10-3-5-12(6-4-10)15-13(17)11-2-1-7-14-8-11/h3-6,11,14,16H,1-2,7-9H2,(H,15,17)/t11-/m0/s1. The molecule has 1 heterocycles. The fraction of sp³-hybridized carbons (Fsp3) is 0.462. The maximum atomic E-state index is 11.9. The molecule has 2 rings (SSSR count). The molecule has 0 bridgehead atoms. The fourth-order valence-electron chi connectivity index (χ4n) is 2.01. The minimum atomic E-state index is 0.0285. The Balaban J connectivity index is 1.92. The van der Waals surface area contributed by atoms with Gasteiger partial charge in [0, 0.05) is 12.2 Å². The third-order valence-electron chi connectivity index (χ3n) is 3.07. The summed E-state index contributed by atoms with van der Waals surface area (Å²) in [5.74, 6) is 0.148. The molecular weight excluding hydrogens is 216 g/mol. The van der Waals surface area contributed by atoms with Gasteiger partial charge >= 0.3 is 0 Å². The van der Waals surface area contributed by atoms with Crippen molar-refractivity contribution in [1.29, 1.82) is 0 Å². The maximum absolute atomic E-state index is 11.9. The van der Waals surface area contributed by atoms with Crippen LogP contribution in [0.15, 0.2) is 24.3 Å². The molecule has 1 atom stereocenters. The Labute approximate surface area is 101 Å². The van der Waals surface area contributed by atoms with E-state index in [4.69, 9.17) is 5.11 Å². The van der Waals surface area contributed by atoms with Crippen molar-refractivity contribution in [1.82, 2.24) is 5.32 Å². The van der Waals surface area contributed by atoms with Crippen LogP contribution >= 0.6 is 0 Å². The summed E-state index contributed by atoms with van der Waals surface area (Å²) >= 11 is 0. The van der Waals surface area contributed by atoms with Crippen LogP contribution in [0.25, 0.3) is 0 Å². The van der Waals surface area contributed by atoms with E-state index >= 15 is 0 Å². The first-order chi connectivity index (χ1) is 8.29. The van der Waals surface area contributed by atoms with Crippen LogP contribution in [0, 0.1) is 5.92 Å². The van der Waals surface area contributed by atoms with E-state index in [1.165, 1.54) is 0 Å². The van der Waals surface area contributed by atoms with Crippen LogP contribution in [-0.4, -0.2) is 24.1 Å². The van der Waals surface area contributed by atoms with Crippen molar-refractivity contribution in [3.63, 3.8) is 0 Å². The second-order valence-corrected chi connectivity index (χ2v) is 4.39. The number of nitrogens with one attached hydrogen (secondary N) is 2. The molecule has 17 heavy (non-hydrogen) atoms. The topological polar surface area (TPSA) is 61.4 Å². The molecule has 1 aromatic carbocycles. The highest BCUT2D eigenvalue weighted by Crippen LogP contribution is 2.15. The summed E-state index contributed by atoms with van der Waals surface area (Å²) in [6.45, 7) is 1.80. The van der Waals surface area contributed by atoms with Crippen molar-refractivity contribution >= 4 is 11.6 Å². The van der Waals surface area contributed by atoms with Gasteiger partial charge in [-0.1, -0.05) is 12.1 Å². The Morgan fingerprint density at radius 1 is 1.41 bits per heavy atom. The number of hydrogen-bond acceptors (Lipinski definition) is 3. The molecule has 0 aliphatic carbocycles. The molecule has 0 aromatic heterocycles. The lowest BCUT2D eigenvalue weighted by Crippen LogP contribution is -2.37. The van der Waals surface area contributed by atoms with Gasteiger partial charge in [-0.15, -0.1) is 0 Å². The summed E-state index contributed by atoms with van der Waals surface area (Å²) in [6, 6.07) is 7.27. The molecule has 0 radical (unpaired) electrons. The molecule has 1 aliphatic rings. The van der Waals surface area contributed by atoms with Gasteiger partial charge in [-0.25, -0.2) is 0 Å². The summed E-state index contributed by atoms with van der Waals surface area (Å²) in [5.41, 5.74) is 1.64. The Kier molecular flexibility index (Phi) is 4.12. The van der Waals surface area contributed by atoms with Crippen molar-refractivity contribution in [3.8, 4) is 0 Å². The normalized spacial score (nSPS) is 19.9. The van der Waals surface area contributed by atoms with Crippen molar-refractivity contribution < 1.29 is 9.90 Å². The van der Waals surface area contributed by atoms with Crippen LogP contribution in [0.3, 0.4) is 0 Å².